The standard InChI is InChI=1S/C25H29BrN4O/c1-4-5-8-24-28-22-11-10-20(26)15-21(22)25(31)30(24)27-16-19-9-12-23(18(3)17(19)2)29-13-6-7-14-29/h9-12,15-16H,4-8,13-14H2,1-3H3. The molecular weight excluding hydrogens is 452 g/mol. The second-order valence-corrected chi connectivity index (χ2v) is 9.19. The Bertz CT molecular complexity index is 1190. The Kier molecular flexibility index (Phi) is 6.56. The van der Waals surface area contributed by atoms with E-state index in [-0.39, 0.29) is 5.56 Å². The molecule has 3 aromatic rings. The number of anilines is 1. The highest BCUT2D eigenvalue weighted by atomic mass is 79.9. The zero-order valence-electron chi connectivity index (χ0n) is 18.5. The summed E-state index contributed by atoms with van der Waals surface area (Å²) in [5.41, 5.74) is 5.41. The van der Waals surface area contributed by atoms with Crippen molar-refractivity contribution in [2.24, 2.45) is 5.10 Å². The molecule has 0 amide bonds. The molecule has 2 aromatic carbocycles. The molecule has 1 fully saturated rings. The van der Waals surface area contributed by atoms with Crippen LogP contribution in [-0.4, -0.2) is 29.0 Å². The lowest BCUT2D eigenvalue weighted by atomic mass is 10.0. The summed E-state index contributed by atoms with van der Waals surface area (Å²) in [6, 6.07) is 9.92. The predicted molar refractivity (Wildman–Crippen MR) is 133 cm³/mol. The smallest absolute Gasteiger partial charge is 0.282 e. The average molecular weight is 481 g/mol. The minimum Gasteiger partial charge on any atom is -0.371 e. The number of halogens is 1. The Morgan fingerprint density at radius 3 is 2.65 bits per heavy atom. The lowest BCUT2D eigenvalue weighted by Crippen LogP contribution is -2.22. The van der Waals surface area contributed by atoms with Crippen molar-refractivity contribution >= 4 is 38.7 Å². The molecule has 0 spiro atoms. The molecule has 0 radical (unpaired) electrons. The van der Waals surface area contributed by atoms with E-state index < -0.39 is 0 Å². The van der Waals surface area contributed by atoms with E-state index in [4.69, 9.17) is 4.98 Å². The van der Waals surface area contributed by atoms with E-state index in [1.54, 1.807) is 6.21 Å². The van der Waals surface area contributed by atoms with E-state index in [9.17, 15) is 4.79 Å². The number of fused-ring (bicyclic) bond motifs is 1. The fourth-order valence-electron chi connectivity index (χ4n) is 4.20. The van der Waals surface area contributed by atoms with Gasteiger partial charge in [-0.25, -0.2) is 4.98 Å². The second kappa shape index (κ2) is 9.35. The highest BCUT2D eigenvalue weighted by molar-refractivity contribution is 9.10. The molecule has 162 valence electrons. The van der Waals surface area contributed by atoms with Gasteiger partial charge in [-0.3, -0.25) is 4.79 Å². The zero-order chi connectivity index (χ0) is 22.0. The molecule has 0 saturated carbocycles. The Balaban J connectivity index is 1.75. The monoisotopic (exact) mass is 480 g/mol. The largest absolute Gasteiger partial charge is 0.371 e. The first-order valence-electron chi connectivity index (χ1n) is 11.1. The Morgan fingerprint density at radius 2 is 1.90 bits per heavy atom. The molecule has 1 saturated heterocycles. The van der Waals surface area contributed by atoms with Crippen molar-refractivity contribution in [3.63, 3.8) is 0 Å². The van der Waals surface area contributed by atoms with Crippen molar-refractivity contribution < 1.29 is 0 Å². The van der Waals surface area contributed by atoms with Gasteiger partial charge in [-0.1, -0.05) is 35.3 Å². The van der Waals surface area contributed by atoms with Gasteiger partial charge in [0.05, 0.1) is 17.1 Å². The van der Waals surface area contributed by atoms with Crippen LogP contribution in [0.5, 0.6) is 0 Å². The van der Waals surface area contributed by atoms with E-state index in [2.05, 4.69) is 58.8 Å². The second-order valence-electron chi connectivity index (χ2n) is 8.27. The molecule has 1 aromatic heterocycles. The fourth-order valence-corrected chi connectivity index (χ4v) is 4.56. The average Bonchev–Trinajstić information content (AvgIpc) is 3.29. The van der Waals surface area contributed by atoms with Crippen LogP contribution in [0.1, 0.15) is 55.1 Å². The van der Waals surface area contributed by atoms with Crippen LogP contribution in [-0.2, 0) is 6.42 Å². The SMILES string of the molecule is CCCCc1nc2ccc(Br)cc2c(=O)n1N=Cc1ccc(N2CCCC2)c(C)c1C. The Labute approximate surface area is 191 Å². The van der Waals surface area contributed by atoms with E-state index in [0.717, 1.165) is 42.4 Å². The van der Waals surface area contributed by atoms with Crippen molar-refractivity contribution in [2.75, 3.05) is 18.0 Å². The Hall–Kier alpha value is -2.47. The number of benzene rings is 2. The molecule has 0 bridgehead atoms. The number of nitrogens with zero attached hydrogens (tertiary/aromatic N) is 4. The van der Waals surface area contributed by atoms with Gasteiger partial charge in [0, 0.05) is 29.7 Å². The maximum atomic E-state index is 13.2. The third-order valence-corrected chi connectivity index (χ3v) is 6.68. The summed E-state index contributed by atoms with van der Waals surface area (Å²) in [7, 11) is 0. The molecule has 6 heteroatoms. The number of rotatable bonds is 6. The Morgan fingerprint density at radius 1 is 1.13 bits per heavy atom. The van der Waals surface area contributed by atoms with E-state index in [1.165, 1.54) is 34.3 Å². The summed E-state index contributed by atoms with van der Waals surface area (Å²) >= 11 is 3.46. The van der Waals surface area contributed by atoms with Gasteiger partial charge in [0.15, 0.2) is 0 Å². The molecule has 1 aliphatic rings. The minimum atomic E-state index is -0.128. The summed E-state index contributed by atoms with van der Waals surface area (Å²) in [6.45, 7) is 8.70. The van der Waals surface area contributed by atoms with Gasteiger partial charge in [-0.15, -0.1) is 0 Å². The summed E-state index contributed by atoms with van der Waals surface area (Å²) in [5, 5.41) is 5.20. The predicted octanol–water partition coefficient (Wildman–Crippen LogP) is 5.60. The quantitative estimate of drug-likeness (QED) is 0.431. The van der Waals surface area contributed by atoms with Crippen molar-refractivity contribution in [3.05, 3.63) is 67.7 Å². The summed E-state index contributed by atoms with van der Waals surface area (Å²) in [4.78, 5) is 20.5. The van der Waals surface area contributed by atoms with E-state index in [0.29, 0.717) is 16.7 Å². The fraction of sp³-hybridized carbons (Fsp3) is 0.400. The molecule has 2 heterocycles. The lowest BCUT2D eigenvalue weighted by molar-refractivity contribution is 0.675. The summed E-state index contributed by atoms with van der Waals surface area (Å²) in [6.07, 6.45) is 7.05. The first-order valence-corrected chi connectivity index (χ1v) is 11.9. The number of aryl methyl sites for hydroxylation is 1. The molecule has 0 aliphatic carbocycles. The molecule has 1 aliphatic heterocycles. The normalized spacial score (nSPS) is 14.3. The van der Waals surface area contributed by atoms with Gasteiger partial charge in [-0.2, -0.15) is 9.78 Å². The van der Waals surface area contributed by atoms with Crippen molar-refractivity contribution in [1.29, 1.82) is 0 Å². The number of hydrogen-bond acceptors (Lipinski definition) is 4. The zero-order valence-corrected chi connectivity index (χ0v) is 20.1. The molecule has 0 atom stereocenters. The van der Waals surface area contributed by atoms with Crippen LogP contribution in [0.2, 0.25) is 0 Å². The number of hydrogen-bond donors (Lipinski definition) is 0. The van der Waals surface area contributed by atoms with Crippen LogP contribution in [0.3, 0.4) is 0 Å². The number of aromatic nitrogens is 2. The maximum absolute atomic E-state index is 13.2. The van der Waals surface area contributed by atoms with Crippen LogP contribution < -0.4 is 10.5 Å². The van der Waals surface area contributed by atoms with Gasteiger partial charge in [0.2, 0.25) is 0 Å². The first-order chi connectivity index (χ1) is 15.0. The minimum absolute atomic E-state index is 0.128. The van der Waals surface area contributed by atoms with Crippen LogP contribution in [0.15, 0.2) is 44.7 Å². The molecular formula is C25H29BrN4O. The summed E-state index contributed by atoms with van der Waals surface area (Å²) in [5.74, 6) is 0.709. The third-order valence-electron chi connectivity index (χ3n) is 6.19. The first kappa shape index (κ1) is 21.8. The van der Waals surface area contributed by atoms with Crippen molar-refractivity contribution in [1.82, 2.24) is 9.66 Å². The van der Waals surface area contributed by atoms with Crippen LogP contribution in [0, 0.1) is 13.8 Å². The van der Waals surface area contributed by atoms with Gasteiger partial charge in [-0.05, 0) is 74.1 Å². The number of unbranched alkanes of at least 4 members (excludes halogenated alkanes) is 1. The van der Waals surface area contributed by atoms with E-state index in [1.807, 2.05) is 18.2 Å². The maximum Gasteiger partial charge on any atom is 0.282 e. The van der Waals surface area contributed by atoms with Crippen molar-refractivity contribution in [2.45, 2.75) is 52.9 Å². The molecule has 0 N–H and O–H groups in total. The van der Waals surface area contributed by atoms with Crippen LogP contribution >= 0.6 is 15.9 Å². The van der Waals surface area contributed by atoms with Crippen molar-refractivity contribution in [3.8, 4) is 0 Å². The van der Waals surface area contributed by atoms with Crippen LogP contribution in [0.4, 0.5) is 5.69 Å². The highest BCUT2D eigenvalue weighted by Gasteiger charge is 2.16. The molecule has 31 heavy (non-hydrogen) atoms. The highest BCUT2D eigenvalue weighted by Crippen LogP contribution is 2.28. The van der Waals surface area contributed by atoms with Gasteiger partial charge < -0.3 is 4.90 Å². The van der Waals surface area contributed by atoms with Gasteiger partial charge in [0.1, 0.15) is 5.82 Å². The third kappa shape index (κ3) is 4.45. The molecule has 4 rings (SSSR count). The van der Waals surface area contributed by atoms with Gasteiger partial charge >= 0.3 is 0 Å². The lowest BCUT2D eigenvalue weighted by Gasteiger charge is -2.22. The summed E-state index contributed by atoms with van der Waals surface area (Å²) < 4.78 is 2.34. The molecule has 5 nitrogen and oxygen atoms in total. The van der Waals surface area contributed by atoms with Crippen LogP contribution in [0.25, 0.3) is 10.9 Å². The molecule has 0 unspecified atom stereocenters. The topological polar surface area (TPSA) is 50.5 Å². The van der Waals surface area contributed by atoms with E-state index >= 15 is 0 Å². The van der Waals surface area contributed by atoms with Gasteiger partial charge in [0.25, 0.3) is 5.56 Å².